The molecule has 4 heteroatoms. The average molecular weight is 130 g/mol. The summed E-state index contributed by atoms with van der Waals surface area (Å²) in [5.74, 6) is 0. The zero-order chi connectivity index (χ0) is 0. The van der Waals surface area contributed by atoms with E-state index in [1.54, 1.807) is 0 Å². The molecule has 0 fully saturated rings. The predicted octanol–water partition coefficient (Wildman–Crippen LogP) is -0.737. The first-order valence-corrected chi connectivity index (χ1v) is 0. The maximum Gasteiger partial charge on any atom is 2.00 e. The van der Waals surface area contributed by atoms with Gasteiger partial charge in [-0.2, -0.15) is 0 Å². The summed E-state index contributed by atoms with van der Waals surface area (Å²) < 4.78 is 0. The van der Waals surface area contributed by atoms with E-state index in [1.165, 1.54) is 0 Å². The van der Waals surface area contributed by atoms with E-state index >= 15 is 0 Å². The van der Waals surface area contributed by atoms with Gasteiger partial charge in [0, 0.05) is 0 Å². The van der Waals surface area contributed by atoms with Gasteiger partial charge in [0.1, 0.15) is 0 Å². The Balaban J connectivity index is 0. The molecule has 0 rings (SSSR count). The van der Waals surface area contributed by atoms with Gasteiger partial charge in [0.2, 0.25) is 0 Å². The minimum Gasteiger partial charge on any atom is -0.870 e. The second-order valence-electron chi connectivity index (χ2n) is 0. The molecule has 0 aliphatic carbocycles. The molecule has 0 saturated heterocycles. The van der Waals surface area contributed by atoms with Gasteiger partial charge in [-0.1, -0.05) is 0 Å². The van der Waals surface area contributed by atoms with Crippen LogP contribution in [0.25, 0.3) is 0 Å². The van der Waals surface area contributed by atoms with E-state index in [4.69, 9.17) is 0 Å². The molecule has 0 aromatic rings. The maximum absolute atomic E-state index is 0. The molecule has 2 N–H and O–H groups in total. The Morgan fingerprint density at radius 2 is 0.750 bits per heavy atom. The van der Waals surface area contributed by atoms with Crippen molar-refractivity contribution in [2.75, 3.05) is 0 Å². The SMILES string of the molecule is [Ca+2].[Fe+2].[OH-].[OH-]. The minimum atomic E-state index is 0. The van der Waals surface area contributed by atoms with Gasteiger partial charge in [0.25, 0.3) is 0 Å². The second kappa shape index (κ2) is 22.3. The van der Waals surface area contributed by atoms with E-state index in [0.717, 1.165) is 0 Å². The van der Waals surface area contributed by atoms with Crippen LogP contribution in [0.3, 0.4) is 0 Å². The van der Waals surface area contributed by atoms with Crippen molar-refractivity contribution >= 4 is 37.7 Å². The minimum absolute atomic E-state index is 0. The summed E-state index contributed by atoms with van der Waals surface area (Å²) in [5, 5.41) is 0. The van der Waals surface area contributed by atoms with Crippen molar-refractivity contribution in [1.29, 1.82) is 0 Å². The Kier molecular flexibility index (Phi) is 243. The van der Waals surface area contributed by atoms with Crippen LogP contribution in [0.15, 0.2) is 0 Å². The van der Waals surface area contributed by atoms with Gasteiger partial charge in [-0.05, 0) is 0 Å². The molecule has 0 heterocycles. The van der Waals surface area contributed by atoms with E-state index in [0.29, 0.717) is 0 Å². The van der Waals surface area contributed by atoms with E-state index in [9.17, 15) is 0 Å². The summed E-state index contributed by atoms with van der Waals surface area (Å²) in [6.45, 7) is 0. The third kappa shape index (κ3) is 9.33. The molecule has 2 nitrogen and oxygen atoms in total. The number of hydrogen-bond donors (Lipinski definition) is 0. The van der Waals surface area contributed by atoms with E-state index in [2.05, 4.69) is 0 Å². The van der Waals surface area contributed by atoms with E-state index in [-0.39, 0.29) is 65.8 Å². The molecule has 0 aliphatic heterocycles. The molecule has 0 aromatic carbocycles. The van der Waals surface area contributed by atoms with Crippen molar-refractivity contribution in [3.05, 3.63) is 0 Å². The molecule has 0 bridgehead atoms. The first kappa shape index (κ1) is 43.6. The van der Waals surface area contributed by atoms with Gasteiger partial charge >= 0.3 is 54.8 Å². The van der Waals surface area contributed by atoms with Crippen LogP contribution >= 0.6 is 0 Å². The monoisotopic (exact) mass is 130 g/mol. The zero-order valence-electron chi connectivity index (χ0n) is 1.96. The molecule has 0 amide bonds. The van der Waals surface area contributed by atoms with Crippen LogP contribution in [0.1, 0.15) is 0 Å². The van der Waals surface area contributed by atoms with Gasteiger partial charge in [-0.3, -0.25) is 0 Å². The van der Waals surface area contributed by atoms with Gasteiger partial charge in [-0.25, -0.2) is 0 Å². The molecule has 4 heavy (non-hydrogen) atoms. The first-order valence-electron chi connectivity index (χ1n) is 0. The maximum atomic E-state index is 0. The molecule has 0 saturated carbocycles. The summed E-state index contributed by atoms with van der Waals surface area (Å²) in [5.41, 5.74) is 0. The predicted molar refractivity (Wildman–Crippen MR) is 9.63 cm³/mol. The molecule has 0 aliphatic rings. The fourth-order valence-corrected chi connectivity index (χ4v) is 0. The first-order chi connectivity index (χ1) is 0. The van der Waals surface area contributed by atoms with Crippen LogP contribution in [0.5, 0.6) is 0 Å². The van der Waals surface area contributed by atoms with Crippen molar-refractivity contribution in [3.63, 3.8) is 0 Å². The Morgan fingerprint density at radius 3 is 0.750 bits per heavy atom. The smallest absolute Gasteiger partial charge is 0.870 e. The molecule has 0 unspecified atom stereocenters. The summed E-state index contributed by atoms with van der Waals surface area (Å²) in [6.07, 6.45) is 0. The summed E-state index contributed by atoms with van der Waals surface area (Å²) >= 11 is 0. The van der Waals surface area contributed by atoms with Crippen LogP contribution in [-0.4, -0.2) is 48.7 Å². The van der Waals surface area contributed by atoms with Crippen LogP contribution < -0.4 is 0 Å². The Hall–Kier alpha value is 1.70. The Bertz CT molecular complexity index is 6.00. The van der Waals surface area contributed by atoms with Crippen LogP contribution in [0, 0.1) is 0 Å². The number of hydrogen-bond acceptors (Lipinski definition) is 2. The molecular weight excluding hydrogens is 128 g/mol. The second-order valence-corrected chi connectivity index (χ2v) is 0. The van der Waals surface area contributed by atoms with Gasteiger partial charge in [0.05, 0.1) is 0 Å². The van der Waals surface area contributed by atoms with Crippen LogP contribution in [0.4, 0.5) is 0 Å². The fraction of sp³-hybridized carbons (Fsp3) is 0. The third-order valence-corrected chi connectivity index (χ3v) is 0. The molecular formula is H2CaFeO2+2. The van der Waals surface area contributed by atoms with Crippen molar-refractivity contribution < 1.29 is 28.0 Å². The molecule has 0 radical (unpaired) electrons. The standard InChI is InChI=1S/Ca.Fe.2H2O/h;;2*1H2/q2*+2;;/p-2. The average Bonchev–Trinajstić information content (AvgIpc) is 0. The molecule has 0 spiro atoms. The van der Waals surface area contributed by atoms with E-state index in [1.807, 2.05) is 0 Å². The molecule has 22 valence electrons. The van der Waals surface area contributed by atoms with Gasteiger partial charge in [0.15, 0.2) is 0 Å². The fourth-order valence-electron chi connectivity index (χ4n) is 0. The Morgan fingerprint density at radius 1 is 0.750 bits per heavy atom. The summed E-state index contributed by atoms with van der Waals surface area (Å²) in [7, 11) is 0. The zero-order valence-corrected chi connectivity index (χ0v) is 5.27. The quantitative estimate of drug-likeness (QED) is 0.405. The normalized spacial score (nSPS) is 0. The molecule has 0 atom stereocenters. The summed E-state index contributed by atoms with van der Waals surface area (Å²) in [6, 6.07) is 0. The van der Waals surface area contributed by atoms with Gasteiger partial charge < -0.3 is 11.0 Å². The van der Waals surface area contributed by atoms with E-state index < -0.39 is 0 Å². The van der Waals surface area contributed by atoms with Gasteiger partial charge in [-0.15, -0.1) is 0 Å². The third-order valence-electron chi connectivity index (χ3n) is 0. The summed E-state index contributed by atoms with van der Waals surface area (Å²) in [4.78, 5) is 0. The van der Waals surface area contributed by atoms with Crippen molar-refractivity contribution in [1.82, 2.24) is 0 Å². The largest absolute Gasteiger partial charge is 2.00 e. The van der Waals surface area contributed by atoms with Crippen molar-refractivity contribution in [2.24, 2.45) is 0 Å². The topological polar surface area (TPSA) is 60.0 Å². The van der Waals surface area contributed by atoms with Crippen LogP contribution in [0.2, 0.25) is 0 Å². The number of rotatable bonds is 0. The van der Waals surface area contributed by atoms with Crippen molar-refractivity contribution in [3.8, 4) is 0 Å². The van der Waals surface area contributed by atoms with Crippen LogP contribution in [-0.2, 0) is 17.1 Å². The molecule has 0 aromatic heterocycles. The Labute approximate surface area is 65.0 Å². The van der Waals surface area contributed by atoms with Crippen molar-refractivity contribution in [2.45, 2.75) is 0 Å².